The van der Waals surface area contributed by atoms with Crippen LogP contribution < -0.4 is 0 Å². The van der Waals surface area contributed by atoms with Crippen molar-refractivity contribution < 1.29 is 24.2 Å². The number of hydrogen-bond acceptors (Lipinski definition) is 5. The van der Waals surface area contributed by atoms with Gasteiger partial charge in [-0.25, -0.2) is 0 Å². The van der Waals surface area contributed by atoms with Gasteiger partial charge in [-0.15, -0.1) is 0 Å². The largest absolute Gasteiger partial charge is 0.462 e. The lowest BCUT2D eigenvalue weighted by atomic mass is 10.0. The van der Waals surface area contributed by atoms with Crippen LogP contribution in [0.15, 0.2) is 48.6 Å². The molecule has 1 atom stereocenters. The number of carbonyl (C=O) groups is 2. The summed E-state index contributed by atoms with van der Waals surface area (Å²) in [6, 6.07) is 0. The van der Waals surface area contributed by atoms with E-state index in [-0.39, 0.29) is 25.2 Å². The Balaban J connectivity index is 3.39. The molecule has 0 bridgehead atoms. The Kier molecular flexibility index (Phi) is 65.2. The first-order valence-corrected chi connectivity index (χ1v) is 34.2. The Morgan fingerprint density at radius 2 is 0.526 bits per heavy atom. The van der Waals surface area contributed by atoms with Crippen LogP contribution in [0, 0.1) is 0 Å². The molecule has 0 rings (SSSR count). The summed E-state index contributed by atoms with van der Waals surface area (Å²) < 4.78 is 10.8. The molecule has 0 aromatic heterocycles. The first-order chi connectivity index (χ1) is 37.6. The van der Waals surface area contributed by atoms with Gasteiger partial charge in [0.05, 0.1) is 6.61 Å². The highest BCUT2D eigenvalue weighted by Gasteiger charge is 2.16. The van der Waals surface area contributed by atoms with E-state index in [4.69, 9.17) is 9.47 Å². The molecule has 0 aromatic carbocycles. The number of aliphatic hydroxyl groups is 1. The minimum Gasteiger partial charge on any atom is -0.462 e. The molecule has 0 aliphatic rings. The van der Waals surface area contributed by atoms with Crippen molar-refractivity contribution in [2.45, 2.75) is 380 Å². The maximum atomic E-state index is 12.4. The molecule has 0 fully saturated rings. The van der Waals surface area contributed by atoms with E-state index in [1.54, 1.807) is 0 Å². The quantitative estimate of drug-likeness (QED) is 0.0373. The minimum absolute atomic E-state index is 0.0617. The molecule has 0 aliphatic heterocycles. The number of allylic oxidation sites excluding steroid dienone is 8. The highest BCUT2D eigenvalue weighted by molar-refractivity contribution is 5.70. The third kappa shape index (κ3) is 64.4. The summed E-state index contributed by atoms with van der Waals surface area (Å²) in [5, 5.41) is 9.69. The van der Waals surface area contributed by atoms with Crippen molar-refractivity contribution in [1.82, 2.24) is 0 Å². The van der Waals surface area contributed by atoms with Gasteiger partial charge in [-0.1, -0.05) is 332 Å². The van der Waals surface area contributed by atoms with Gasteiger partial charge < -0.3 is 14.6 Å². The van der Waals surface area contributed by atoms with E-state index < -0.39 is 6.10 Å². The van der Waals surface area contributed by atoms with Crippen molar-refractivity contribution in [2.75, 3.05) is 13.2 Å². The second kappa shape index (κ2) is 67.1. The zero-order valence-corrected chi connectivity index (χ0v) is 51.3. The summed E-state index contributed by atoms with van der Waals surface area (Å²) >= 11 is 0. The van der Waals surface area contributed by atoms with E-state index in [0.29, 0.717) is 12.8 Å². The number of rotatable bonds is 64. The van der Waals surface area contributed by atoms with Crippen molar-refractivity contribution in [1.29, 1.82) is 0 Å². The SMILES string of the molecule is CCCCCCC/C=C\C/C=C\CCCCCCCCCCCCCCCCCCCCCCCCCCCC(=O)OC(CO)COC(=O)CCCCCCCCCCCCCCC/C=C\C/C=C\CCCCCCC. The fourth-order valence-corrected chi connectivity index (χ4v) is 10.4. The number of hydrogen-bond donors (Lipinski definition) is 1. The number of esters is 2. The van der Waals surface area contributed by atoms with Crippen LogP contribution in [0.5, 0.6) is 0 Å². The van der Waals surface area contributed by atoms with Crippen LogP contribution in [-0.2, 0) is 19.1 Å². The molecule has 0 radical (unpaired) electrons. The second-order valence-corrected chi connectivity index (χ2v) is 23.3. The summed E-state index contributed by atoms with van der Waals surface area (Å²) in [5.74, 6) is -0.571. The molecule has 0 spiro atoms. The van der Waals surface area contributed by atoms with Crippen LogP contribution in [0.1, 0.15) is 373 Å². The van der Waals surface area contributed by atoms with Crippen molar-refractivity contribution in [3.05, 3.63) is 48.6 Å². The molecular formula is C71H132O5. The smallest absolute Gasteiger partial charge is 0.306 e. The molecule has 0 saturated heterocycles. The zero-order chi connectivity index (χ0) is 54.8. The average molecular weight is 1070 g/mol. The zero-order valence-electron chi connectivity index (χ0n) is 51.3. The van der Waals surface area contributed by atoms with Gasteiger partial charge in [0.15, 0.2) is 6.10 Å². The fraction of sp³-hybridized carbons (Fsp3) is 0.859. The van der Waals surface area contributed by atoms with Gasteiger partial charge in [0.2, 0.25) is 0 Å². The number of carbonyl (C=O) groups excluding carboxylic acids is 2. The molecule has 1 unspecified atom stereocenters. The van der Waals surface area contributed by atoms with Crippen LogP contribution >= 0.6 is 0 Å². The van der Waals surface area contributed by atoms with Gasteiger partial charge in [-0.05, 0) is 77.0 Å². The van der Waals surface area contributed by atoms with Crippen molar-refractivity contribution in [3.63, 3.8) is 0 Å². The minimum atomic E-state index is -0.771. The summed E-state index contributed by atoms with van der Waals surface area (Å²) in [4.78, 5) is 24.6. The summed E-state index contributed by atoms with van der Waals surface area (Å²) in [5.41, 5.74) is 0. The maximum Gasteiger partial charge on any atom is 0.306 e. The van der Waals surface area contributed by atoms with E-state index >= 15 is 0 Å². The molecule has 0 amide bonds. The molecule has 0 saturated carbocycles. The molecule has 1 N–H and O–H groups in total. The molecule has 0 aliphatic carbocycles. The molecule has 0 heterocycles. The Morgan fingerprint density at radius 1 is 0.303 bits per heavy atom. The van der Waals surface area contributed by atoms with Crippen molar-refractivity contribution >= 4 is 11.9 Å². The Hall–Kier alpha value is -2.14. The van der Waals surface area contributed by atoms with E-state index in [1.165, 1.54) is 295 Å². The lowest BCUT2D eigenvalue weighted by Crippen LogP contribution is -2.28. The van der Waals surface area contributed by atoms with E-state index in [1.807, 2.05) is 0 Å². The fourth-order valence-electron chi connectivity index (χ4n) is 10.4. The molecule has 76 heavy (non-hydrogen) atoms. The molecule has 446 valence electrons. The van der Waals surface area contributed by atoms with Gasteiger partial charge >= 0.3 is 11.9 Å². The van der Waals surface area contributed by atoms with E-state index in [0.717, 1.165) is 51.4 Å². The summed E-state index contributed by atoms with van der Waals surface area (Å²) in [7, 11) is 0. The van der Waals surface area contributed by atoms with Crippen LogP contribution in [0.25, 0.3) is 0 Å². The first kappa shape index (κ1) is 73.9. The lowest BCUT2D eigenvalue weighted by molar-refractivity contribution is -0.161. The molecule has 5 heteroatoms. The monoisotopic (exact) mass is 1070 g/mol. The van der Waals surface area contributed by atoms with Gasteiger partial charge in [-0.3, -0.25) is 9.59 Å². The average Bonchev–Trinajstić information content (AvgIpc) is 3.42. The van der Waals surface area contributed by atoms with Gasteiger partial charge in [0, 0.05) is 12.8 Å². The van der Waals surface area contributed by atoms with E-state index in [9.17, 15) is 14.7 Å². The number of ether oxygens (including phenoxy) is 2. The molecule has 5 nitrogen and oxygen atoms in total. The van der Waals surface area contributed by atoms with E-state index in [2.05, 4.69) is 62.5 Å². The highest BCUT2D eigenvalue weighted by atomic mass is 16.6. The summed E-state index contributed by atoms with van der Waals surface area (Å²) in [6.45, 7) is 4.17. The molecule has 0 aromatic rings. The van der Waals surface area contributed by atoms with Crippen LogP contribution in [-0.4, -0.2) is 36.4 Å². The third-order valence-corrected chi connectivity index (χ3v) is 15.6. The standard InChI is InChI=1S/C71H132O5/c1-3-5-7-9-11-13-15-17-19-21-23-25-27-29-30-31-32-33-34-35-36-37-38-39-40-42-44-46-48-50-52-54-56-58-60-62-64-66-71(74)76-69(67-72)68-75-70(73)65-63-61-59-57-55-53-51-49-47-45-43-41-28-26-24-22-20-18-16-14-12-10-8-6-4-2/h15-18,21-24,69,72H,3-14,19-20,25-68H2,1-2H3/b17-15-,18-16-,23-21-,24-22-. The predicted octanol–water partition coefficient (Wildman–Crippen LogP) is 23.5. The van der Waals surface area contributed by atoms with Gasteiger partial charge in [-0.2, -0.15) is 0 Å². The topological polar surface area (TPSA) is 72.8 Å². The van der Waals surface area contributed by atoms with Crippen molar-refractivity contribution in [3.8, 4) is 0 Å². The van der Waals surface area contributed by atoms with Gasteiger partial charge in [0.1, 0.15) is 6.61 Å². The second-order valence-electron chi connectivity index (χ2n) is 23.3. The molecular weight excluding hydrogens is 933 g/mol. The van der Waals surface area contributed by atoms with Gasteiger partial charge in [0.25, 0.3) is 0 Å². The summed E-state index contributed by atoms with van der Waals surface area (Å²) in [6.07, 6.45) is 90.0. The Labute approximate surface area is 475 Å². The van der Waals surface area contributed by atoms with Crippen LogP contribution in [0.3, 0.4) is 0 Å². The maximum absolute atomic E-state index is 12.4. The lowest BCUT2D eigenvalue weighted by Gasteiger charge is -2.15. The first-order valence-electron chi connectivity index (χ1n) is 34.2. The Bertz CT molecular complexity index is 1250. The number of unbranched alkanes of at least 4 members (excludes halogenated alkanes) is 48. The number of aliphatic hydroxyl groups excluding tert-OH is 1. The predicted molar refractivity (Wildman–Crippen MR) is 334 cm³/mol. The van der Waals surface area contributed by atoms with Crippen molar-refractivity contribution in [2.24, 2.45) is 0 Å². The third-order valence-electron chi connectivity index (χ3n) is 15.6. The normalized spacial score (nSPS) is 12.4. The van der Waals surface area contributed by atoms with Crippen LogP contribution in [0.2, 0.25) is 0 Å². The van der Waals surface area contributed by atoms with Crippen LogP contribution in [0.4, 0.5) is 0 Å². The highest BCUT2D eigenvalue weighted by Crippen LogP contribution is 2.18. The Morgan fingerprint density at radius 3 is 0.776 bits per heavy atom.